The first-order valence-corrected chi connectivity index (χ1v) is 6.36. The highest BCUT2D eigenvalue weighted by atomic mass is 19.1. The van der Waals surface area contributed by atoms with Gasteiger partial charge in [0.05, 0.1) is 16.4 Å². The molecule has 0 heterocycles. The largest absolute Gasteiger partial charge is 0.481 e. The quantitative estimate of drug-likeness (QED) is 0.649. The molecule has 1 saturated carbocycles. The van der Waals surface area contributed by atoms with Crippen LogP contribution in [-0.4, -0.2) is 27.9 Å². The number of nitrogens with one attached hydrogen (secondary N) is 1. The molecule has 0 spiro atoms. The smallest absolute Gasteiger partial charge is 0.306 e. The van der Waals surface area contributed by atoms with E-state index in [1.54, 1.807) is 0 Å². The molecule has 8 heteroatoms. The molecule has 1 aliphatic carbocycles. The number of rotatable bonds is 4. The molecule has 2 atom stereocenters. The van der Waals surface area contributed by atoms with E-state index in [0.29, 0.717) is 12.8 Å². The molecule has 2 N–H and O–H groups in total. The maximum atomic E-state index is 13.6. The molecule has 7 nitrogen and oxygen atoms in total. The summed E-state index contributed by atoms with van der Waals surface area (Å²) < 4.78 is 13.6. The number of carboxylic acids is 1. The SMILES string of the molecule is O=C(NC1CCC(C(=O)O)C1)c1cc([N+](=O)[O-])ccc1F. The van der Waals surface area contributed by atoms with E-state index in [1.807, 2.05) is 0 Å². The van der Waals surface area contributed by atoms with Gasteiger partial charge in [-0.15, -0.1) is 0 Å². The van der Waals surface area contributed by atoms with Gasteiger partial charge in [-0.1, -0.05) is 0 Å². The van der Waals surface area contributed by atoms with Crippen molar-refractivity contribution < 1.29 is 24.0 Å². The molecule has 0 radical (unpaired) electrons. The number of carboxylic acid groups (broad SMARTS) is 1. The van der Waals surface area contributed by atoms with Crippen LogP contribution in [0.2, 0.25) is 0 Å². The average molecular weight is 296 g/mol. The van der Waals surface area contributed by atoms with E-state index >= 15 is 0 Å². The van der Waals surface area contributed by atoms with E-state index in [-0.39, 0.29) is 18.2 Å². The summed E-state index contributed by atoms with van der Waals surface area (Å²) in [6, 6.07) is 2.34. The zero-order valence-corrected chi connectivity index (χ0v) is 10.9. The highest BCUT2D eigenvalue weighted by Crippen LogP contribution is 2.26. The minimum Gasteiger partial charge on any atom is -0.481 e. The van der Waals surface area contributed by atoms with Crippen molar-refractivity contribution in [2.45, 2.75) is 25.3 Å². The Balaban J connectivity index is 2.09. The lowest BCUT2D eigenvalue weighted by Gasteiger charge is -2.12. The van der Waals surface area contributed by atoms with E-state index in [1.165, 1.54) is 0 Å². The van der Waals surface area contributed by atoms with Crippen LogP contribution in [0.4, 0.5) is 10.1 Å². The summed E-state index contributed by atoms with van der Waals surface area (Å²) >= 11 is 0. The van der Waals surface area contributed by atoms with Gasteiger partial charge < -0.3 is 10.4 Å². The number of nitro groups is 1. The lowest BCUT2D eigenvalue weighted by atomic mass is 10.1. The lowest BCUT2D eigenvalue weighted by Crippen LogP contribution is -2.33. The van der Waals surface area contributed by atoms with Crippen LogP contribution in [0, 0.1) is 21.8 Å². The van der Waals surface area contributed by atoms with E-state index < -0.39 is 34.1 Å². The number of aliphatic carboxylic acids is 1. The second kappa shape index (κ2) is 5.86. The van der Waals surface area contributed by atoms with Crippen molar-refractivity contribution in [3.05, 3.63) is 39.7 Å². The zero-order valence-electron chi connectivity index (χ0n) is 10.9. The second-order valence-corrected chi connectivity index (χ2v) is 4.94. The van der Waals surface area contributed by atoms with Crippen LogP contribution in [0.3, 0.4) is 0 Å². The Morgan fingerprint density at radius 1 is 1.38 bits per heavy atom. The van der Waals surface area contributed by atoms with Gasteiger partial charge in [0, 0.05) is 18.2 Å². The monoisotopic (exact) mass is 296 g/mol. The molecule has 21 heavy (non-hydrogen) atoms. The summed E-state index contributed by atoms with van der Waals surface area (Å²) in [6.45, 7) is 0. The van der Waals surface area contributed by atoms with Crippen LogP contribution < -0.4 is 5.32 Å². The maximum Gasteiger partial charge on any atom is 0.306 e. The molecule has 1 aliphatic rings. The van der Waals surface area contributed by atoms with Gasteiger partial charge in [-0.2, -0.15) is 0 Å². The number of amides is 1. The van der Waals surface area contributed by atoms with Crippen molar-refractivity contribution in [1.82, 2.24) is 5.32 Å². The van der Waals surface area contributed by atoms with Crippen molar-refractivity contribution in [2.24, 2.45) is 5.92 Å². The minimum absolute atomic E-state index is 0.275. The molecule has 1 amide bonds. The third kappa shape index (κ3) is 3.33. The minimum atomic E-state index is -0.923. The van der Waals surface area contributed by atoms with Crippen molar-refractivity contribution >= 4 is 17.6 Å². The molecule has 0 aliphatic heterocycles. The number of benzene rings is 1. The molecule has 1 fully saturated rings. The van der Waals surface area contributed by atoms with E-state index in [4.69, 9.17) is 5.11 Å². The first-order valence-electron chi connectivity index (χ1n) is 6.36. The van der Waals surface area contributed by atoms with Crippen LogP contribution in [0.1, 0.15) is 29.6 Å². The number of hydrogen-bond acceptors (Lipinski definition) is 4. The normalized spacial score (nSPS) is 21.0. The predicted molar refractivity (Wildman–Crippen MR) is 69.3 cm³/mol. The summed E-state index contributed by atoms with van der Waals surface area (Å²) in [5.41, 5.74) is -0.792. The summed E-state index contributed by atoms with van der Waals surface area (Å²) in [5, 5.41) is 22.0. The Hall–Kier alpha value is -2.51. The third-order valence-electron chi connectivity index (χ3n) is 3.52. The molecular weight excluding hydrogens is 283 g/mol. The number of carbonyl (C=O) groups is 2. The van der Waals surface area contributed by atoms with Crippen molar-refractivity contribution in [2.75, 3.05) is 0 Å². The standard InChI is InChI=1S/C13H13FN2O5/c14-11-4-3-9(16(20)21)6-10(11)12(17)15-8-2-1-7(5-8)13(18)19/h3-4,6-8H,1-2,5H2,(H,15,17)(H,18,19). The summed E-state index contributed by atoms with van der Waals surface area (Å²) in [7, 11) is 0. The van der Waals surface area contributed by atoms with Gasteiger partial charge in [0.1, 0.15) is 5.82 Å². The zero-order chi connectivity index (χ0) is 15.6. The van der Waals surface area contributed by atoms with Gasteiger partial charge in [-0.3, -0.25) is 19.7 Å². The van der Waals surface area contributed by atoms with Gasteiger partial charge in [0.25, 0.3) is 11.6 Å². The Morgan fingerprint density at radius 3 is 2.67 bits per heavy atom. The van der Waals surface area contributed by atoms with Crippen molar-refractivity contribution in [3.63, 3.8) is 0 Å². The first-order chi connectivity index (χ1) is 9.88. The number of nitrogens with zero attached hydrogens (tertiary/aromatic N) is 1. The molecule has 1 aromatic rings. The second-order valence-electron chi connectivity index (χ2n) is 4.94. The number of halogens is 1. The fraction of sp³-hybridized carbons (Fsp3) is 0.385. The molecule has 2 unspecified atom stereocenters. The third-order valence-corrected chi connectivity index (χ3v) is 3.52. The molecule has 0 bridgehead atoms. The van der Waals surface area contributed by atoms with Gasteiger partial charge in [-0.25, -0.2) is 4.39 Å². The molecular formula is C13H13FN2O5. The van der Waals surface area contributed by atoms with Gasteiger partial charge in [-0.05, 0) is 25.3 Å². The summed E-state index contributed by atoms with van der Waals surface area (Å²) in [5.74, 6) is -3.07. The van der Waals surface area contributed by atoms with Gasteiger partial charge in [0.2, 0.25) is 0 Å². The lowest BCUT2D eigenvalue weighted by molar-refractivity contribution is -0.384. The maximum absolute atomic E-state index is 13.6. The molecule has 0 saturated heterocycles. The Kier molecular flexibility index (Phi) is 4.15. The molecule has 2 rings (SSSR count). The Morgan fingerprint density at radius 2 is 2.10 bits per heavy atom. The number of carbonyl (C=O) groups excluding carboxylic acids is 1. The van der Waals surface area contributed by atoms with Crippen LogP contribution in [-0.2, 0) is 4.79 Å². The number of nitro benzene ring substituents is 1. The fourth-order valence-electron chi connectivity index (χ4n) is 2.40. The van der Waals surface area contributed by atoms with Crippen molar-refractivity contribution in [1.29, 1.82) is 0 Å². The molecule has 0 aromatic heterocycles. The average Bonchev–Trinajstić information content (AvgIpc) is 2.87. The highest BCUT2D eigenvalue weighted by Gasteiger charge is 2.31. The predicted octanol–water partition coefficient (Wildman–Crippen LogP) is 1.72. The summed E-state index contributed by atoms with van der Waals surface area (Å²) in [6.07, 6.45) is 1.20. The van der Waals surface area contributed by atoms with Crippen molar-refractivity contribution in [3.8, 4) is 0 Å². The number of non-ortho nitro benzene ring substituents is 1. The molecule has 1 aromatic carbocycles. The number of hydrogen-bond donors (Lipinski definition) is 2. The van der Waals surface area contributed by atoms with Crippen LogP contribution in [0.5, 0.6) is 0 Å². The summed E-state index contributed by atoms with van der Waals surface area (Å²) in [4.78, 5) is 32.7. The Bertz CT molecular complexity index is 604. The van der Waals surface area contributed by atoms with Gasteiger partial charge in [0.15, 0.2) is 0 Å². The van der Waals surface area contributed by atoms with E-state index in [9.17, 15) is 24.1 Å². The van der Waals surface area contributed by atoms with Crippen LogP contribution >= 0.6 is 0 Å². The fourth-order valence-corrected chi connectivity index (χ4v) is 2.40. The topological polar surface area (TPSA) is 110 Å². The Labute approximate surface area is 118 Å². The van der Waals surface area contributed by atoms with E-state index in [0.717, 1.165) is 18.2 Å². The van der Waals surface area contributed by atoms with Crippen LogP contribution in [0.15, 0.2) is 18.2 Å². The van der Waals surface area contributed by atoms with Gasteiger partial charge >= 0.3 is 5.97 Å². The molecule has 112 valence electrons. The first kappa shape index (κ1) is 14.9. The highest BCUT2D eigenvalue weighted by molar-refractivity contribution is 5.95. The van der Waals surface area contributed by atoms with E-state index in [2.05, 4.69) is 5.32 Å². The van der Waals surface area contributed by atoms with Crippen LogP contribution in [0.25, 0.3) is 0 Å².